The van der Waals surface area contributed by atoms with Gasteiger partial charge in [-0.2, -0.15) is 0 Å². The summed E-state index contributed by atoms with van der Waals surface area (Å²) < 4.78 is 0. The van der Waals surface area contributed by atoms with E-state index >= 15 is 0 Å². The standard InChI is InChI=1S/C11H19N3O4/c1-3-8(10(16)17)14-11(18)12-6(2)9(15)13-7-4-5-7/h6-8H,3-5H2,1-2H3,(H,13,15)(H,16,17)(H2,12,14,18). The first-order valence-electron chi connectivity index (χ1n) is 6.04. The number of rotatable bonds is 6. The van der Waals surface area contributed by atoms with E-state index in [2.05, 4.69) is 16.0 Å². The molecule has 0 saturated heterocycles. The highest BCUT2D eigenvalue weighted by Crippen LogP contribution is 2.18. The fourth-order valence-electron chi connectivity index (χ4n) is 1.35. The van der Waals surface area contributed by atoms with Crippen LogP contribution in [0.15, 0.2) is 0 Å². The minimum absolute atomic E-state index is 0.229. The molecule has 0 spiro atoms. The number of urea groups is 1. The zero-order chi connectivity index (χ0) is 13.7. The molecule has 0 aliphatic heterocycles. The van der Waals surface area contributed by atoms with Crippen LogP contribution >= 0.6 is 0 Å². The summed E-state index contributed by atoms with van der Waals surface area (Å²) in [6.07, 6.45) is 2.23. The van der Waals surface area contributed by atoms with Crippen molar-refractivity contribution in [3.8, 4) is 0 Å². The van der Waals surface area contributed by atoms with Gasteiger partial charge >= 0.3 is 12.0 Å². The van der Waals surface area contributed by atoms with Crippen molar-refractivity contribution < 1.29 is 19.5 Å². The van der Waals surface area contributed by atoms with Crippen molar-refractivity contribution in [1.29, 1.82) is 0 Å². The molecule has 0 aromatic carbocycles. The van der Waals surface area contributed by atoms with Crippen molar-refractivity contribution in [2.24, 2.45) is 0 Å². The first-order valence-corrected chi connectivity index (χ1v) is 6.04. The third-order valence-corrected chi connectivity index (χ3v) is 2.68. The molecular weight excluding hydrogens is 238 g/mol. The number of hydrogen-bond donors (Lipinski definition) is 4. The third-order valence-electron chi connectivity index (χ3n) is 2.68. The van der Waals surface area contributed by atoms with Gasteiger partial charge in [0.15, 0.2) is 0 Å². The molecule has 0 bridgehead atoms. The Kier molecular flexibility index (Phi) is 4.94. The van der Waals surface area contributed by atoms with E-state index in [0.29, 0.717) is 0 Å². The number of carboxylic acids is 1. The Balaban J connectivity index is 2.33. The summed E-state index contributed by atoms with van der Waals surface area (Å²) in [5, 5.41) is 16.2. The van der Waals surface area contributed by atoms with E-state index in [0.717, 1.165) is 12.8 Å². The second-order valence-electron chi connectivity index (χ2n) is 4.42. The topological polar surface area (TPSA) is 108 Å². The SMILES string of the molecule is CCC(NC(=O)NC(C)C(=O)NC1CC1)C(=O)O. The highest BCUT2D eigenvalue weighted by Gasteiger charge is 2.26. The molecule has 2 atom stereocenters. The molecule has 1 aliphatic carbocycles. The Morgan fingerprint density at radius 2 is 1.89 bits per heavy atom. The molecule has 2 unspecified atom stereocenters. The van der Waals surface area contributed by atoms with Gasteiger partial charge in [0.05, 0.1) is 0 Å². The monoisotopic (exact) mass is 257 g/mol. The van der Waals surface area contributed by atoms with Crippen LogP contribution in [-0.2, 0) is 9.59 Å². The Morgan fingerprint density at radius 3 is 2.33 bits per heavy atom. The molecular formula is C11H19N3O4. The van der Waals surface area contributed by atoms with Crippen LogP contribution in [0.4, 0.5) is 4.79 Å². The molecule has 0 radical (unpaired) electrons. The van der Waals surface area contributed by atoms with Crippen molar-refractivity contribution >= 4 is 17.9 Å². The summed E-state index contributed by atoms with van der Waals surface area (Å²) in [5.74, 6) is -1.35. The number of carbonyl (C=O) groups excluding carboxylic acids is 2. The van der Waals surface area contributed by atoms with Crippen molar-refractivity contribution in [1.82, 2.24) is 16.0 Å². The van der Waals surface area contributed by atoms with E-state index in [4.69, 9.17) is 5.11 Å². The number of amides is 3. The van der Waals surface area contributed by atoms with Gasteiger partial charge in [0, 0.05) is 6.04 Å². The molecule has 4 N–H and O–H groups in total. The second kappa shape index (κ2) is 6.23. The van der Waals surface area contributed by atoms with Crippen LogP contribution in [0.3, 0.4) is 0 Å². The van der Waals surface area contributed by atoms with E-state index in [1.54, 1.807) is 13.8 Å². The molecule has 102 valence electrons. The molecule has 18 heavy (non-hydrogen) atoms. The van der Waals surface area contributed by atoms with Crippen molar-refractivity contribution in [2.75, 3.05) is 0 Å². The second-order valence-corrected chi connectivity index (χ2v) is 4.42. The minimum atomic E-state index is -1.09. The van der Waals surface area contributed by atoms with Crippen LogP contribution < -0.4 is 16.0 Å². The maximum atomic E-state index is 11.5. The summed E-state index contributed by atoms with van der Waals surface area (Å²) >= 11 is 0. The molecule has 0 aromatic heterocycles. The molecule has 7 nitrogen and oxygen atoms in total. The van der Waals surface area contributed by atoms with Crippen LogP contribution in [0.1, 0.15) is 33.1 Å². The van der Waals surface area contributed by atoms with Gasteiger partial charge in [-0.05, 0) is 26.2 Å². The molecule has 0 heterocycles. The average Bonchev–Trinajstić information content (AvgIpc) is 3.09. The van der Waals surface area contributed by atoms with Crippen LogP contribution in [0.2, 0.25) is 0 Å². The summed E-state index contributed by atoms with van der Waals surface area (Å²) in [4.78, 5) is 33.7. The Bertz CT molecular complexity index is 341. The maximum absolute atomic E-state index is 11.5. The van der Waals surface area contributed by atoms with Crippen LogP contribution in [0, 0.1) is 0 Å². The van der Waals surface area contributed by atoms with E-state index in [9.17, 15) is 14.4 Å². The van der Waals surface area contributed by atoms with Crippen LogP contribution in [-0.4, -0.2) is 41.1 Å². The predicted molar refractivity (Wildman–Crippen MR) is 64.0 cm³/mol. The predicted octanol–water partition coefficient (Wildman–Crippen LogP) is -0.184. The molecule has 7 heteroatoms. The fraction of sp³-hybridized carbons (Fsp3) is 0.727. The normalized spacial score (nSPS) is 17.4. The van der Waals surface area contributed by atoms with Gasteiger partial charge in [-0.15, -0.1) is 0 Å². The van der Waals surface area contributed by atoms with Gasteiger partial charge in [0.2, 0.25) is 5.91 Å². The largest absolute Gasteiger partial charge is 0.480 e. The van der Waals surface area contributed by atoms with Crippen molar-refractivity contribution in [2.45, 2.75) is 51.2 Å². The van der Waals surface area contributed by atoms with Gasteiger partial charge in [-0.1, -0.05) is 6.92 Å². The number of hydrogen-bond acceptors (Lipinski definition) is 3. The van der Waals surface area contributed by atoms with E-state index < -0.39 is 24.1 Å². The van der Waals surface area contributed by atoms with E-state index in [-0.39, 0.29) is 18.4 Å². The summed E-state index contributed by atoms with van der Waals surface area (Å²) in [7, 11) is 0. The molecule has 1 aliphatic rings. The number of aliphatic carboxylic acids is 1. The summed E-state index contributed by atoms with van der Waals surface area (Å²) in [5.41, 5.74) is 0. The maximum Gasteiger partial charge on any atom is 0.326 e. The highest BCUT2D eigenvalue weighted by atomic mass is 16.4. The molecule has 0 aromatic rings. The van der Waals surface area contributed by atoms with Crippen molar-refractivity contribution in [3.05, 3.63) is 0 Å². The number of carbonyl (C=O) groups is 3. The van der Waals surface area contributed by atoms with Gasteiger partial charge in [-0.3, -0.25) is 4.79 Å². The Labute approximate surface area is 105 Å². The van der Waals surface area contributed by atoms with Gasteiger partial charge in [0.1, 0.15) is 12.1 Å². The van der Waals surface area contributed by atoms with E-state index in [1.165, 1.54) is 0 Å². The molecule has 1 rings (SSSR count). The zero-order valence-electron chi connectivity index (χ0n) is 10.5. The van der Waals surface area contributed by atoms with Crippen LogP contribution in [0.5, 0.6) is 0 Å². The molecule has 1 fully saturated rings. The summed E-state index contributed by atoms with van der Waals surface area (Å²) in [6, 6.07) is -2.05. The lowest BCUT2D eigenvalue weighted by Crippen LogP contribution is -2.52. The lowest BCUT2D eigenvalue weighted by atomic mass is 10.2. The van der Waals surface area contributed by atoms with Gasteiger partial charge in [0.25, 0.3) is 0 Å². The lowest BCUT2D eigenvalue weighted by molar-refractivity contribution is -0.139. The van der Waals surface area contributed by atoms with Crippen molar-refractivity contribution in [3.63, 3.8) is 0 Å². The Hall–Kier alpha value is -1.79. The van der Waals surface area contributed by atoms with Gasteiger partial charge in [-0.25, -0.2) is 9.59 Å². The Morgan fingerprint density at radius 1 is 1.28 bits per heavy atom. The lowest BCUT2D eigenvalue weighted by Gasteiger charge is -2.17. The smallest absolute Gasteiger partial charge is 0.326 e. The fourth-order valence-corrected chi connectivity index (χ4v) is 1.35. The van der Waals surface area contributed by atoms with Crippen LogP contribution in [0.25, 0.3) is 0 Å². The first kappa shape index (κ1) is 14.3. The quantitative estimate of drug-likeness (QED) is 0.529. The highest BCUT2D eigenvalue weighted by molar-refractivity contribution is 5.88. The first-order chi connectivity index (χ1) is 8.43. The molecule has 3 amide bonds. The molecule has 1 saturated carbocycles. The number of nitrogens with one attached hydrogen (secondary N) is 3. The summed E-state index contributed by atoms with van der Waals surface area (Å²) in [6.45, 7) is 3.21. The average molecular weight is 257 g/mol. The third kappa shape index (κ3) is 4.60. The van der Waals surface area contributed by atoms with Gasteiger partial charge < -0.3 is 21.1 Å². The van der Waals surface area contributed by atoms with E-state index in [1.807, 2.05) is 0 Å². The number of carboxylic acid groups (broad SMARTS) is 1. The minimum Gasteiger partial charge on any atom is -0.480 e. The zero-order valence-corrected chi connectivity index (χ0v) is 10.5.